The summed E-state index contributed by atoms with van der Waals surface area (Å²) in [7, 11) is 3.73. The number of halogens is 1. The number of aliphatic imine (C=N–C) groups is 1. The lowest BCUT2D eigenvalue weighted by molar-refractivity contribution is 0.0951. The number of amides is 1. The number of fused-ring (bicyclic) bond motifs is 1. The lowest BCUT2D eigenvalue weighted by Gasteiger charge is -2.18. The van der Waals surface area contributed by atoms with Crippen LogP contribution < -0.4 is 15.0 Å². The molecular weight excluding hydrogens is 434 g/mol. The van der Waals surface area contributed by atoms with E-state index in [1.165, 1.54) is 5.69 Å². The van der Waals surface area contributed by atoms with Crippen molar-refractivity contribution in [2.75, 3.05) is 32.1 Å². The smallest absolute Gasteiger partial charge is 0.251 e. The van der Waals surface area contributed by atoms with Crippen LogP contribution in [0.1, 0.15) is 27.0 Å². The Morgan fingerprint density at radius 2 is 1.76 bits per heavy atom. The van der Waals surface area contributed by atoms with E-state index >= 15 is 0 Å². The Morgan fingerprint density at radius 1 is 1.03 bits per heavy atom. The molecule has 1 amide bonds. The third-order valence-corrected chi connectivity index (χ3v) is 5.53. The fourth-order valence-corrected chi connectivity index (χ4v) is 3.64. The van der Waals surface area contributed by atoms with Gasteiger partial charge in [-0.15, -0.1) is 12.4 Å². The van der Waals surface area contributed by atoms with E-state index in [1.54, 1.807) is 7.11 Å². The molecule has 3 aromatic carbocycles. The number of hydrogen-bond acceptors (Lipinski definition) is 4. The maximum atomic E-state index is 12.5. The van der Waals surface area contributed by atoms with Crippen LogP contribution in [0.2, 0.25) is 0 Å². The van der Waals surface area contributed by atoms with Crippen LogP contribution in [0.25, 0.3) is 6.08 Å². The number of nitrogens with zero attached hydrogens (tertiary/aromatic N) is 2. The van der Waals surface area contributed by atoms with Gasteiger partial charge in [0.1, 0.15) is 5.75 Å². The van der Waals surface area contributed by atoms with Gasteiger partial charge in [-0.05, 0) is 47.5 Å². The summed E-state index contributed by atoms with van der Waals surface area (Å²) in [6, 6.07) is 23.6. The number of likely N-dealkylation sites (N-methyl/N-ethyl adjacent to an activating group) is 1. The number of allylic oxidation sites excluding steroid dienone is 1. The molecule has 0 aliphatic carbocycles. The molecule has 33 heavy (non-hydrogen) atoms. The number of rotatable bonds is 6. The first kappa shape index (κ1) is 24.1. The zero-order chi connectivity index (χ0) is 22.3. The van der Waals surface area contributed by atoms with Crippen molar-refractivity contribution in [3.63, 3.8) is 0 Å². The van der Waals surface area contributed by atoms with Crippen molar-refractivity contribution in [3.8, 4) is 5.75 Å². The molecule has 1 aliphatic heterocycles. The van der Waals surface area contributed by atoms with Crippen LogP contribution in [0.3, 0.4) is 0 Å². The molecule has 0 atom stereocenters. The average molecular weight is 462 g/mol. The summed E-state index contributed by atoms with van der Waals surface area (Å²) in [5.41, 5.74) is 5.99. The third kappa shape index (κ3) is 6.02. The Hall–Kier alpha value is -3.57. The second-order valence-corrected chi connectivity index (χ2v) is 7.69. The zero-order valence-corrected chi connectivity index (χ0v) is 19.6. The second-order valence-electron chi connectivity index (χ2n) is 7.69. The molecule has 4 rings (SSSR count). The third-order valence-electron chi connectivity index (χ3n) is 5.53. The number of benzodiazepines with no additional fused rings is 1. The molecule has 1 N–H and O–H groups in total. The lowest BCUT2D eigenvalue weighted by Crippen LogP contribution is -2.22. The summed E-state index contributed by atoms with van der Waals surface area (Å²) in [6.45, 7) is 2.13. The standard InChI is InChI=1S/C27H27N3O2.ClH/c1-30-18-17-28-25(24-5-3-4-6-26(24)30)16-11-20-7-12-22(13-8-20)27(31)29-19-21-9-14-23(32-2)15-10-21;/h3-16H,17-19H2,1-2H3,(H,29,31);1H/b16-11+;. The van der Waals surface area contributed by atoms with Crippen molar-refractivity contribution in [1.29, 1.82) is 0 Å². The maximum absolute atomic E-state index is 12.5. The SMILES string of the molecule is COc1ccc(CNC(=O)c2ccc(/C=C/C3=NCCN(C)c4ccccc43)cc2)cc1.Cl. The molecular formula is C27H28ClN3O2. The van der Waals surface area contributed by atoms with Gasteiger partial charge in [-0.3, -0.25) is 9.79 Å². The van der Waals surface area contributed by atoms with Crippen molar-refractivity contribution in [3.05, 3.63) is 101 Å². The number of benzene rings is 3. The number of methoxy groups -OCH3 is 1. The van der Waals surface area contributed by atoms with Crippen LogP contribution in [0, 0.1) is 0 Å². The van der Waals surface area contributed by atoms with Crippen molar-refractivity contribution >= 4 is 35.8 Å². The molecule has 5 nitrogen and oxygen atoms in total. The van der Waals surface area contributed by atoms with Crippen LogP contribution >= 0.6 is 12.4 Å². The summed E-state index contributed by atoms with van der Waals surface area (Å²) in [6.07, 6.45) is 4.09. The van der Waals surface area contributed by atoms with Crippen LogP contribution in [0.4, 0.5) is 5.69 Å². The number of nitrogens with one attached hydrogen (secondary N) is 1. The normalized spacial score (nSPS) is 12.9. The number of carbonyl (C=O) groups excluding carboxylic acids is 1. The van der Waals surface area contributed by atoms with Crippen molar-refractivity contribution in [1.82, 2.24) is 5.32 Å². The molecule has 0 fully saturated rings. The largest absolute Gasteiger partial charge is 0.497 e. The van der Waals surface area contributed by atoms with E-state index in [4.69, 9.17) is 9.73 Å². The summed E-state index contributed by atoms with van der Waals surface area (Å²) < 4.78 is 5.16. The highest BCUT2D eigenvalue weighted by atomic mass is 35.5. The van der Waals surface area contributed by atoms with Crippen molar-refractivity contribution in [2.45, 2.75) is 6.54 Å². The molecule has 6 heteroatoms. The van der Waals surface area contributed by atoms with Gasteiger partial charge in [0, 0.05) is 37.0 Å². The molecule has 0 radical (unpaired) electrons. The Balaban J connectivity index is 0.00000306. The van der Waals surface area contributed by atoms with E-state index in [0.717, 1.165) is 41.2 Å². The Kier molecular flexibility index (Phi) is 8.28. The van der Waals surface area contributed by atoms with E-state index < -0.39 is 0 Å². The fourth-order valence-electron chi connectivity index (χ4n) is 3.64. The molecule has 1 aliphatic rings. The van der Waals surface area contributed by atoms with E-state index in [9.17, 15) is 4.79 Å². The van der Waals surface area contributed by atoms with E-state index in [0.29, 0.717) is 12.1 Å². The minimum absolute atomic E-state index is 0. The van der Waals surface area contributed by atoms with Gasteiger partial charge in [0.2, 0.25) is 0 Å². The second kappa shape index (κ2) is 11.3. The number of carbonyl (C=O) groups is 1. The summed E-state index contributed by atoms with van der Waals surface area (Å²) >= 11 is 0. The lowest BCUT2D eigenvalue weighted by atomic mass is 10.0. The quantitative estimate of drug-likeness (QED) is 0.562. The number of para-hydroxylation sites is 1. The van der Waals surface area contributed by atoms with Crippen LogP contribution in [-0.2, 0) is 6.54 Å². The van der Waals surface area contributed by atoms with E-state index in [2.05, 4.69) is 41.5 Å². The highest BCUT2D eigenvalue weighted by Crippen LogP contribution is 2.23. The molecule has 170 valence electrons. The van der Waals surface area contributed by atoms with Crippen molar-refractivity contribution < 1.29 is 9.53 Å². The average Bonchev–Trinajstić information content (AvgIpc) is 3.00. The molecule has 0 bridgehead atoms. The molecule has 0 unspecified atom stereocenters. The van der Waals surface area contributed by atoms with Gasteiger partial charge in [0.15, 0.2) is 0 Å². The predicted molar refractivity (Wildman–Crippen MR) is 138 cm³/mol. The first-order valence-corrected chi connectivity index (χ1v) is 10.7. The van der Waals surface area contributed by atoms with Crippen LogP contribution in [-0.4, -0.2) is 38.9 Å². The molecule has 0 spiro atoms. The first-order valence-electron chi connectivity index (χ1n) is 10.7. The molecule has 1 heterocycles. The summed E-state index contributed by atoms with van der Waals surface area (Å²) in [5.74, 6) is 0.704. The first-order chi connectivity index (χ1) is 15.6. The highest BCUT2D eigenvalue weighted by molar-refractivity contribution is 6.14. The van der Waals surface area contributed by atoms with Crippen molar-refractivity contribution in [2.24, 2.45) is 4.99 Å². The van der Waals surface area contributed by atoms with Gasteiger partial charge in [-0.25, -0.2) is 0 Å². The Morgan fingerprint density at radius 3 is 2.48 bits per heavy atom. The minimum atomic E-state index is -0.0959. The maximum Gasteiger partial charge on any atom is 0.251 e. The number of ether oxygens (including phenoxy) is 1. The summed E-state index contributed by atoms with van der Waals surface area (Å²) in [4.78, 5) is 19.5. The predicted octanol–water partition coefficient (Wildman–Crippen LogP) is 5.00. The Bertz CT molecular complexity index is 1140. The van der Waals surface area contributed by atoms with Gasteiger partial charge >= 0.3 is 0 Å². The summed E-state index contributed by atoms with van der Waals surface area (Å²) in [5, 5.41) is 2.96. The van der Waals surface area contributed by atoms with Gasteiger partial charge in [-0.1, -0.05) is 48.5 Å². The number of hydrogen-bond donors (Lipinski definition) is 1. The van der Waals surface area contributed by atoms with Crippen LogP contribution in [0.5, 0.6) is 5.75 Å². The molecule has 0 aromatic heterocycles. The van der Waals surface area contributed by atoms with Gasteiger partial charge in [0.25, 0.3) is 5.91 Å². The van der Waals surface area contributed by atoms with Crippen LogP contribution in [0.15, 0.2) is 83.9 Å². The fraction of sp³-hybridized carbons (Fsp3) is 0.185. The molecule has 0 saturated heterocycles. The number of anilines is 1. The van der Waals surface area contributed by atoms with E-state index in [-0.39, 0.29) is 18.3 Å². The van der Waals surface area contributed by atoms with Gasteiger partial charge in [0.05, 0.1) is 19.4 Å². The highest BCUT2D eigenvalue weighted by Gasteiger charge is 2.13. The van der Waals surface area contributed by atoms with Gasteiger partial charge in [-0.2, -0.15) is 0 Å². The molecule has 0 saturated carbocycles. The zero-order valence-electron chi connectivity index (χ0n) is 18.8. The van der Waals surface area contributed by atoms with E-state index in [1.807, 2.05) is 60.7 Å². The monoisotopic (exact) mass is 461 g/mol. The molecule has 3 aromatic rings. The van der Waals surface area contributed by atoms with Gasteiger partial charge < -0.3 is 15.0 Å². The topological polar surface area (TPSA) is 53.9 Å². The Labute approximate surface area is 201 Å². The minimum Gasteiger partial charge on any atom is -0.497 e.